The molecule has 1 aromatic heterocycles. The van der Waals surface area contributed by atoms with E-state index >= 15 is 0 Å². The lowest BCUT2D eigenvalue weighted by Gasteiger charge is -2.18. The number of carbonyl (C=O) groups is 1. The number of nitrogens with zero attached hydrogens (tertiary/aromatic N) is 2. The van der Waals surface area contributed by atoms with Crippen molar-refractivity contribution in [3.05, 3.63) is 35.5 Å². The smallest absolute Gasteiger partial charge is 0.269 e. The number of rotatable bonds is 1. The van der Waals surface area contributed by atoms with Gasteiger partial charge >= 0.3 is 0 Å². The van der Waals surface area contributed by atoms with Crippen molar-refractivity contribution in [1.82, 2.24) is 9.78 Å². The van der Waals surface area contributed by atoms with E-state index in [0.29, 0.717) is 6.61 Å². The molecular weight excluding hydrogens is 218 g/mol. The summed E-state index contributed by atoms with van der Waals surface area (Å²) in [5.74, 6) is 0.281. The van der Waals surface area contributed by atoms with Crippen molar-refractivity contribution in [2.45, 2.75) is 6.61 Å². The number of hydrogen-bond donors (Lipinski definition) is 1. The molecule has 17 heavy (non-hydrogen) atoms. The highest BCUT2D eigenvalue weighted by atomic mass is 16.5. The van der Waals surface area contributed by atoms with E-state index in [1.807, 2.05) is 24.3 Å². The van der Waals surface area contributed by atoms with Crippen LogP contribution < -0.4 is 10.5 Å². The molecule has 1 amide bonds. The van der Waals surface area contributed by atoms with Gasteiger partial charge in [0.25, 0.3) is 5.91 Å². The molecule has 1 aromatic carbocycles. The van der Waals surface area contributed by atoms with Gasteiger partial charge in [0.1, 0.15) is 12.4 Å². The lowest BCUT2D eigenvalue weighted by Crippen LogP contribution is -2.16. The Balaban J connectivity index is 2.30. The van der Waals surface area contributed by atoms with Crippen molar-refractivity contribution in [2.75, 3.05) is 0 Å². The van der Waals surface area contributed by atoms with Crippen molar-refractivity contribution in [2.24, 2.45) is 12.8 Å². The van der Waals surface area contributed by atoms with E-state index < -0.39 is 5.91 Å². The monoisotopic (exact) mass is 229 g/mol. The molecule has 0 radical (unpaired) electrons. The number of primary amides is 1. The third kappa shape index (κ3) is 1.32. The standard InChI is InChI=1S/C12H11N3O2/c1-15-11-7-4-2-3-5-9(7)17-6-8(11)10(14-15)12(13)16/h2-5H,6H2,1H3,(H2,13,16). The van der Waals surface area contributed by atoms with E-state index in [2.05, 4.69) is 5.10 Å². The lowest BCUT2D eigenvalue weighted by atomic mass is 10.0. The molecule has 86 valence electrons. The number of fused-ring (bicyclic) bond motifs is 3. The van der Waals surface area contributed by atoms with Crippen LogP contribution in [0.5, 0.6) is 5.75 Å². The molecular formula is C12H11N3O2. The number of hydrogen-bond acceptors (Lipinski definition) is 3. The first-order chi connectivity index (χ1) is 8.18. The van der Waals surface area contributed by atoms with Crippen LogP contribution in [0.4, 0.5) is 0 Å². The Labute approximate surface area is 97.8 Å². The van der Waals surface area contributed by atoms with E-state index in [1.54, 1.807) is 11.7 Å². The summed E-state index contributed by atoms with van der Waals surface area (Å²) in [6.45, 7) is 0.332. The van der Waals surface area contributed by atoms with Crippen molar-refractivity contribution in [3.8, 4) is 17.0 Å². The predicted molar refractivity (Wildman–Crippen MR) is 61.5 cm³/mol. The van der Waals surface area contributed by atoms with Gasteiger partial charge in [-0.05, 0) is 12.1 Å². The molecule has 1 aliphatic rings. The van der Waals surface area contributed by atoms with Crippen LogP contribution in [-0.2, 0) is 13.7 Å². The number of carbonyl (C=O) groups excluding carboxylic acids is 1. The molecule has 0 saturated carbocycles. The third-order valence-corrected chi connectivity index (χ3v) is 2.89. The fourth-order valence-corrected chi connectivity index (χ4v) is 2.18. The third-order valence-electron chi connectivity index (χ3n) is 2.89. The summed E-state index contributed by atoms with van der Waals surface area (Å²) >= 11 is 0. The van der Waals surface area contributed by atoms with Crippen molar-refractivity contribution in [3.63, 3.8) is 0 Å². The van der Waals surface area contributed by atoms with Gasteiger partial charge in [-0.3, -0.25) is 9.48 Å². The van der Waals surface area contributed by atoms with Crippen LogP contribution in [0.25, 0.3) is 11.3 Å². The van der Waals surface area contributed by atoms with Crippen molar-refractivity contribution in [1.29, 1.82) is 0 Å². The first-order valence-corrected chi connectivity index (χ1v) is 5.26. The van der Waals surface area contributed by atoms with Crippen LogP contribution in [0.2, 0.25) is 0 Å². The summed E-state index contributed by atoms with van der Waals surface area (Å²) in [4.78, 5) is 11.3. The SMILES string of the molecule is Cn1nc(C(N)=O)c2c1-c1ccccc1OC2. The Morgan fingerprint density at radius 1 is 1.47 bits per heavy atom. The molecule has 2 aromatic rings. The Hall–Kier alpha value is -2.30. The van der Waals surface area contributed by atoms with Gasteiger partial charge in [0, 0.05) is 18.2 Å². The van der Waals surface area contributed by atoms with Crippen LogP contribution in [0.15, 0.2) is 24.3 Å². The van der Waals surface area contributed by atoms with Crippen molar-refractivity contribution >= 4 is 5.91 Å². The highest BCUT2D eigenvalue weighted by Crippen LogP contribution is 2.37. The second-order valence-electron chi connectivity index (χ2n) is 3.95. The van der Waals surface area contributed by atoms with E-state index in [0.717, 1.165) is 22.6 Å². The normalized spacial score (nSPS) is 12.5. The van der Waals surface area contributed by atoms with Gasteiger partial charge in [0.15, 0.2) is 5.69 Å². The second-order valence-corrected chi connectivity index (χ2v) is 3.95. The molecule has 1 aliphatic heterocycles. The predicted octanol–water partition coefficient (Wildman–Crippen LogP) is 1.08. The zero-order chi connectivity index (χ0) is 12.0. The van der Waals surface area contributed by atoms with Gasteiger partial charge in [0.05, 0.1) is 5.69 Å². The fourth-order valence-electron chi connectivity index (χ4n) is 2.18. The van der Waals surface area contributed by atoms with E-state index in [1.165, 1.54) is 0 Å². The number of nitrogens with two attached hydrogens (primary N) is 1. The number of ether oxygens (including phenoxy) is 1. The number of benzene rings is 1. The Bertz CT molecular complexity index is 616. The average molecular weight is 229 g/mol. The summed E-state index contributed by atoms with van der Waals surface area (Å²) in [6, 6.07) is 7.68. The molecule has 0 saturated heterocycles. The molecule has 5 heteroatoms. The number of para-hydroxylation sites is 1. The Morgan fingerprint density at radius 2 is 2.24 bits per heavy atom. The summed E-state index contributed by atoms with van der Waals surface area (Å²) < 4.78 is 7.27. The number of amides is 1. The second kappa shape index (κ2) is 3.35. The zero-order valence-electron chi connectivity index (χ0n) is 9.30. The molecule has 0 atom stereocenters. The maximum Gasteiger partial charge on any atom is 0.269 e. The summed E-state index contributed by atoms with van der Waals surface area (Å²) in [6.07, 6.45) is 0. The Kier molecular flexibility index (Phi) is 1.95. The summed E-state index contributed by atoms with van der Waals surface area (Å²) in [5.41, 5.74) is 8.20. The number of aromatic nitrogens is 2. The lowest BCUT2D eigenvalue weighted by molar-refractivity contribution is 0.0992. The molecule has 0 spiro atoms. The quantitative estimate of drug-likeness (QED) is 0.795. The maximum absolute atomic E-state index is 11.3. The van der Waals surface area contributed by atoms with E-state index in [9.17, 15) is 4.79 Å². The van der Waals surface area contributed by atoms with Gasteiger partial charge in [-0.1, -0.05) is 12.1 Å². The van der Waals surface area contributed by atoms with Crippen LogP contribution >= 0.6 is 0 Å². The molecule has 0 aliphatic carbocycles. The highest BCUT2D eigenvalue weighted by molar-refractivity contribution is 5.94. The van der Waals surface area contributed by atoms with E-state index in [-0.39, 0.29) is 5.69 Å². The summed E-state index contributed by atoms with van der Waals surface area (Å²) in [7, 11) is 1.80. The molecule has 0 fully saturated rings. The molecule has 0 bridgehead atoms. The van der Waals surface area contributed by atoms with Crippen LogP contribution in [0, 0.1) is 0 Å². The van der Waals surface area contributed by atoms with Crippen molar-refractivity contribution < 1.29 is 9.53 Å². The summed E-state index contributed by atoms with van der Waals surface area (Å²) in [5, 5.41) is 4.15. The molecule has 0 unspecified atom stereocenters. The topological polar surface area (TPSA) is 70.1 Å². The molecule has 2 N–H and O–H groups in total. The molecule has 2 heterocycles. The number of aryl methyl sites for hydroxylation is 1. The highest BCUT2D eigenvalue weighted by Gasteiger charge is 2.26. The minimum atomic E-state index is -0.523. The first kappa shape index (κ1) is 9.89. The van der Waals surface area contributed by atoms with Crippen LogP contribution in [0.1, 0.15) is 16.1 Å². The largest absolute Gasteiger partial charge is 0.488 e. The van der Waals surface area contributed by atoms with Gasteiger partial charge in [-0.15, -0.1) is 0 Å². The fraction of sp³-hybridized carbons (Fsp3) is 0.167. The van der Waals surface area contributed by atoms with Crippen LogP contribution in [-0.4, -0.2) is 15.7 Å². The Morgan fingerprint density at radius 3 is 3.00 bits per heavy atom. The minimum Gasteiger partial charge on any atom is -0.488 e. The molecule has 5 nitrogen and oxygen atoms in total. The van der Waals surface area contributed by atoms with Crippen LogP contribution in [0.3, 0.4) is 0 Å². The zero-order valence-corrected chi connectivity index (χ0v) is 9.30. The first-order valence-electron chi connectivity index (χ1n) is 5.26. The van der Waals surface area contributed by atoms with E-state index in [4.69, 9.17) is 10.5 Å². The minimum absolute atomic E-state index is 0.289. The molecule has 3 rings (SSSR count). The van der Waals surface area contributed by atoms with Gasteiger partial charge < -0.3 is 10.5 Å². The maximum atomic E-state index is 11.3. The van der Waals surface area contributed by atoms with Gasteiger partial charge in [0.2, 0.25) is 0 Å². The van der Waals surface area contributed by atoms with Gasteiger partial charge in [-0.2, -0.15) is 5.10 Å². The average Bonchev–Trinajstić information content (AvgIpc) is 2.67. The van der Waals surface area contributed by atoms with Gasteiger partial charge in [-0.25, -0.2) is 0 Å².